The Morgan fingerprint density at radius 1 is 1.53 bits per heavy atom. The average molecular weight is 282 g/mol. The zero-order chi connectivity index (χ0) is 13.8. The Bertz CT molecular complexity index is 450. The number of piperidine rings is 1. The highest BCUT2D eigenvalue weighted by atomic mass is 35.5. The summed E-state index contributed by atoms with van der Waals surface area (Å²) in [5.74, 6) is 0.380. The molecule has 0 bridgehead atoms. The second-order valence-electron chi connectivity index (χ2n) is 5.12. The molecule has 1 aliphatic heterocycles. The molecular formula is C14H20ClN3O. The third-order valence-electron chi connectivity index (χ3n) is 3.60. The van der Waals surface area contributed by atoms with E-state index in [9.17, 15) is 4.79 Å². The maximum Gasteiger partial charge on any atom is 0.321 e. The highest BCUT2D eigenvalue weighted by molar-refractivity contribution is 6.33. The first-order chi connectivity index (χ1) is 9.08. The Morgan fingerprint density at radius 2 is 2.26 bits per heavy atom. The van der Waals surface area contributed by atoms with Crippen molar-refractivity contribution in [3.05, 3.63) is 29.3 Å². The number of para-hydroxylation sites is 1. The molecule has 5 heteroatoms. The van der Waals surface area contributed by atoms with E-state index in [0.29, 0.717) is 23.2 Å². The highest BCUT2D eigenvalue weighted by Gasteiger charge is 2.25. The van der Waals surface area contributed by atoms with E-state index in [1.807, 2.05) is 24.0 Å². The van der Waals surface area contributed by atoms with Crippen LogP contribution in [-0.4, -0.2) is 30.1 Å². The molecule has 2 amide bonds. The lowest BCUT2D eigenvalue weighted by atomic mass is 9.92. The number of urea groups is 1. The standard InChI is InChI=1S/C14H20ClN3O/c1-10(16)11-5-4-8-18(9-11)14(19)17-13-7-3-2-6-12(13)15/h2-3,6-7,10-11H,4-5,8-9,16H2,1H3,(H,17,19). The Labute approximate surface area is 118 Å². The molecule has 3 N–H and O–H groups in total. The number of hydrogen-bond donors (Lipinski definition) is 2. The van der Waals surface area contributed by atoms with Crippen molar-refractivity contribution in [2.75, 3.05) is 18.4 Å². The van der Waals surface area contributed by atoms with Gasteiger partial charge in [0.1, 0.15) is 0 Å². The molecule has 1 aliphatic rings. The van der Waals surface area contributed by atoms with Crippen molar-refractivity contribution in [2.24, 2.45) is 11.7 Å². The fraction of sp³-hybridized carbons (Fsp3) is 0.500. The molecule has 2 rings (SSSR count). The average Bonchev–Trinajstić information content (AvgIpc) is 2.41. The lowest BCUT2D eigenvalue weighted by molar-refractivity contribution is 0.169. The van der Waals surface area contributed by atoms with Gasteiger partial charge in [-0.2, -0.15) is 0 Å². The number of anilines is 1. The first kappa shape index (κ1) is 14.2. The summed E-state index contributed by atoms with van der Waals surface area (Å²) in [5, 5.41) is 3.41. The van der Waals surface area contributed by atoms with E-state index < -0.39 is 0 Å². The topological polar surface area (TPSA) is 58.4 Å². The summed E-state index contributed by atoms with van der Waals surface area (Å²) in [6.45, 7) is 3.49. The highest BCUT2D eigenvalue weighted by Crippen LogP contribution is 2.23. The minimum atomic E-state index is -0.0987. The summed E-state index contributed by atoms with van der Waals surface area (Å²) in [6, 6.07) is 7.27. The minimum absolute atomic E-state index is 0.0987. The van der Waals surface area contributed by atoms with Gasteiger partial charge in [-0.05, 0) is 37.8 Å². The van der Waals surface area contributed by atoms with Gasteiger partial charge in [0.15, 0.2) is 0 Å². The molecule has 0 radical (unpaired) electrons. The largest absolute Gasteiger partial charge is 0.328 e. The van der Waals surface area contributed by atoms with E-state index >= 15 is 0 Å². The van der Waals surface area contributed by atoms with Crippen molar-refractivity contribution in [2.45, 2.75) is 25.8 Å². The summed E-state index contributed by atoms with van der Waals surface area (Å²) < 4.78 is 0. The molecule has 1 aromatic carbocycles. The molecule has 1 heterocycles. The van der Waals surface area contributed by atoms with Gasteiger partial charge in [-0.1, -0.05) is 23.7 Å². The number of nitrogens with one attached hydrogen (secondary N) is 1. The van der Waals surface area contributed by atoms with Crippen molar-refractivity contribution in [3.8, 4) is 0 Å². The normalized spacial score (nSPS) is 21.0. The van der Waals surface area contributed by atoms with Crippen molar-refractivity contribution < 1.29 is 4.79 Å². The van der Waals surface area contributed by atoms with Crippen LogP contribution in [0.15, 0.2) is 24.3 Å². The molecule has 0 saturated carbocycles. The van der Waals surface area contributed by atoms with Crippen LogP contribution in [0.5, 0.6) is 0 Å². The zero-order valence-electron chi connectivity index (χ0n) is 11.1. The predicted molar refractivity (Wildman–Crippen MR) is 78.4 cm³/mol. The van der Waals surface area contributed by atoms with E-state index in [-0.39, 0.29) is 12.1 Å². The van der Waals surface area contributed by atoms with Gasteiger partial charge in [0.05, 0.1) is 10.7 Å². The molecule has 1 aromatic rings. The zero-order valence-corrected chi connectivity index (χ0v) is 11.9. The van der Waals surface area contributed by atoms with Crippen molar-refractivity contribution >= 4 is 23.3 Å². The fourth-order valence-corrected chi connectivity index (χ4v) is 2.56. The lowest BCUT2D eigenvalue weighted by Gasteiger charge is -2.34. The fourth-order valence-electron chi connectivity index (χ4n) is 2.38. The Kier molecular flexibility index (Phi) is 4.66. The third-order valence-corrected chi connectivity index (χ3v) is 3.93. The van der Waals surface area contributed by atoms with E-state index in [1.165, 1.54) is 0 Å². The number of likely N-dealkylation sites (tertiary alicyclic amines) is 1. The first-order valence-electron chi connectivity index (χ1n) is 6.64. The number of carbonyl (C=O) groups is 1. The SMILES string of the molecule is CC(N)C1CCCN(C(=O)Nc2ccccc2Cl)C1. The third kappa shape index (κ3) is 3.61. The second-order valence-corrected chi connectivity index (χ2v) is 5.52. The molecule has 0 aromatic heterocycles. The molecule has 2 atom stereocenters. The van der Waals surface area contributed by atoms with Gasteiger partial charge in [0, 0.05) is 19.1 Å². The van der Waals surface area contributed by atoms with E-state index in [2.05, 4.69) is 5.32 Å². The monoisotopic (exact) mass is 281 g/mol. The van der Waals surface area contributed by atoms with Crippen LogP contribution in [0, 0.1) is 5.92 Å². The second kappa shape index (κ2) is 6.26. The lowest BCUT2D eigenvalue weighted by Crippen LogP contribution is -2.46. The molecule has 104 valence electrons. The maximum atomic E-state index is 12.2. The number of nitrogens with zero attached hydrogens (tertiary/aromatic N) is 1. The van der Waals surface area contributed by atoms with Crippen LogP contribution < -0.4 is 11.1 Å². The number of benzene rings is 1. The van der Waals surface area contributed by atoms with E-state index in [1.54, 1.807) is 12.1 Å². The van der Waals surface area contributed by atoms with Gasteiger partial charge >= 0.3 is 6.03 Å². The minimum Gasteiger partial charge on any atom is -0.328 e. The Morgan fingerprint density at radius 3 is 2.95 bits per heavy atom. The first-order valence-corrected chi connectivity index (χ1v) is 7.01. The van der Waals surface area contributed by atoms with Crippen molar-refractivity contribution in [1.29, 1.82) is 0 Å². The molecular weight excluding hydrogens is 262 g/mol. The molecule has 1 saturated heterocycles. The van der Waals surface area contributed by atoms with Crippen LogP contribution in [0.2, 0.25) is 5.02 Å². The van der Waals surface area contributed by atoms with Crippen molar-refractivity contribution in [1.82, 2.24) is 4.90 Å². The number of carbonyl (C=O) groups excluding carboxylic acids is 1. The van der Waals surface area contributed by atoms with Crippen LogP contribution in [0.4, 0.5) is 10.5 Å². The molecule has 0 spiro atoms. The number of amides is 2. The predicted octanol–water partition coefficient (Wildman–Crippen LogP) is 2.93. The van der Waals surface area contributed by atoms with Gasteiger partial charge in [-0.25, -0.2) is 4.79 Å². The summed E-state index contributed by atoms with van der Waals surface area (Å²) >= 11 is 6.03. The molecule has 19 heavy (non-hydrogen) atoms. The molecule has 2 unspecified atom stereocenters. The van der Waals surface area contributed by atoms with Gasteiger partial charge < -0.3 is 16.0 Å². The van der Waals surface area contributed by atoms with Gasteiger partial charge in [0.2, 0.25) is 0 Å². The number of rotatable bonds is 2. The quantitative estimate of drug-likeness (QED) is 0.876. The summed E-state index contributed by atoms with van der Waals surface area (Å²) in [7, 11) is 0. The van der Waals surface area contributed by atoms with E-state index in [0.717, 1.165) is 19.4 Å². The van der Waals surface area contributed by atoms with Crippen LogP contribution in [0.25, 0.3) is 0 Å². The van der Waals surface area contributed by atoms with Crippen molar-refractivity contribution in [3.63, 3.8) is 0 Å². The summed E-state index contributed by atoms with van der Waals surface area (Å²) in [4.78, 5) is 14.0. The molecule has 1 fully saturated rings. The van der Waals surface area contributed by atoms with E-state index in [4.69, 9.17) is 17.3 Å². The smallest absolute Gasteiger partial charge is 0.321 e. The van der Waals surface area contributed by atoms with Crippen LogP contribution in [0.3, 0.4) is 0 Å². The number of halogens is 1. The van der Waals surface area contributed by atoms with Crippen LogP contribution >= 0.6 is 11.6 Å². The molecule has 0 aliphatic carbocycles. The van der Waals surface area contributed by atoms with Gasteiger partial charge in [-0.3, -0.25) is 0 Å². The van der Waals surface area contributed by atoms with Gasteiger partial charge in [-0.15, -0.1) is 0 Å². The molecule has 4 nitrogen and oxygen atoms in total. The van der Waals surface area contributed by atoms with Crippen LogP contribution in [0.1, 0.15) is 19.8 Å². The number of hydrogen-bond acceptors (Lipinski definition) is 2. The van der Waals surface area contributed by atoms with Gasteiger partial charge in [0.25, 0.3) is 0 Å². The van der Waals surface area contributed by atoms with Crippen LogP contribution in [-0.2, 0) is 0 Å². The summed E-state index contributed by atoms with van der Waals surface area (Å²) in [6.07, 6.45) is 2.09. The number of nitrogens with two attached hydrogens (primary N) is 1. The summed E-state index contributed by atoms with van der Waals surface area (Å²) in [5.41, 5.74) is 6.58. The Hall–Kier alpha value is -1.26. The maximum absolute atomic E-state index is 12.2. The Balaban J connectivity index is 1.98.